The molecule has 0 spiro atoms. The molecule has 0 amide bonds. The van der Waals surface area contributed by atoms with Crippen LogP contribution in [0.1, 0.15) is 25.7 Å². The van der Waals surface area contributed by atoms with Gasteiger partial charge in [0, 0.05) is 6.54 Å². The molecule has 1 N–H and O–H groups in total. The van der Waals surface area contributed by atoms with Gasteiger partial charge in [0.25, 0.3) is 0 Å². The summed E-state index contributed by atoms with van der Waals surface area (Å²) in [7, 11) is 1.52. The molecule has 1 fully saturated rings. The molecule has 2 rings (SSSR count). The molecule has 1 aromatic heterocycles. The van der Waals surface area contributed by atoms with E-state index in [1.54, 1.807) is 0 Å². The highest BCUT2D eigenvalue weighted by atomic mass is 35.5. The fourth-order valence-corrected chi connectivity index (χ4v) is 2.18. The van der Waals surface area contributed by atoms with Gasteiger partial charge in [-0.1, -0.05) is 24.4 Å². The largest absolute Gasteiger partial charge is 0.467 e. The minimum absolute atomic E-state index is 0.304. The van der Waals surface area contributed by atoms with E-state index >= 15 is 0 Å². The molecule has 0 aromatic carbocycles. The number of nitrogens with zero attached hydrogens (tertiary/aromatic N) is 2. The Morgan fingerprint density at radius 1 is 1.44 bits per heavy atom. The summed E-state index contributed by atoms with van der Waals surface area (Å²) in [6, 6.07) is 0.304. The normalized spacial score (nSPS) is 15.9. The molecule has 0 unspecified atom stereocenters. The Hall–Kier alpha value is -1.07. The van der Waals surface area contributed by atoms with Crippen molar-refractivity contribution < 1.29 is 9.47 Å². The molecule has 1 aliphatic carbocycles. The lowest BCUT2D eigenvalue weighted by Gasteiger charge is -2.12. The van der Waals surface area contributed by atoms with Gasteiger partial charge in [-0.25, -0.2) is 4.98 Å². The predicted molar refractivity (Wildman–Crippen MR) is 70.3 cm³/mol. The minimum atomic E-state index is 0.304. The summed E-state index contributed by atoms with van der Waals surface area (Å²) in [6.45, 7) is 1.34. The zero-order valence-corrected chi connectivity index (χ0v) is 11.2. The van der Waals surface area contributed by atoms with E-state index in [0.717, 1.165) is 0 Å². The Bertz CT molecular complexity index is 384. The molecule has 6 heteroatoms. The fraction of sp³-hybridized carbons (Fsp3) is 0.667. The Labute approximate surface area is 112 Å². The first-order chi connectivity index (χ1) is 8.79. The van der Waals surface area contributed by atoms with Gasteiger partial charge in [0.15, 0.2) is 5.82 Å². The van der Waals surface area contributed by atoms with Crippen LogP contribution in [0.25, 0.3) is 0 Å². The standard InChI is InChI=1S/C12H18ClN3O2/c1-17-12-15-8-10(13)11(16-12)14-6-7-18-9-4-2-3-5-9/h8-9H,2-7H2,1H3,(H,14,15,16). The second-order valence-corrected chi connectivity index (χ2v) is 4.66. The minimum Gasteiger partial charge on any atom is -0.467 e. The topological polar surface area (TPSA) is 56.3 Å². The van der Waals surface area contributed by atoms with Crippen LogP contribution in [0.2, 0.25) is 5.02 Å². The van der Waals surface area contributed by atoms with E-state index in [2.05, 4.69) is 15.3 Å². The van der Waals surface area contributed by atoms with Crippen LogP contribution in [0.4, 0.5) is 5.82 Å². The lowest BCUT2D eigenvalue weighted by Crippen LogP contribution is -2.16. The van der Waals surface area contributed by atoms with Crippen LogP contribution in [0, 0.1) is 0 Å². The van der Waals surface area contributed by atoms with Crippen molar-refractivity contribution in [2.24, 2.45) is 0 Å². The highest BCUT2D eigenvalue weighted by molar-refractivity contribution is 6.32. The molecule has 1 saturated carbocycles. The number of nitrogens with one attached hydrogen (secondary N) is 1. The lowest BCUT2D eigenvalue weighted by molar-refractivity contribution is 0.0658. The summed E-state index contributed by atoms with van der Waals surface area (Å²) in [6.07, 6.45) is 6.89. The molecular weight excluding hydrogens is 254 g/mol. The van der Waals surface area contributed by atoms with Gasteiger partial charge in [0.1, 0.15) is 5.02 Å². The van der Waals surface area contributed by atoms with Crippen molar-refractivity contribution in [3.05, 3.63) is 11.2 Å². The summed E-state index contributed by atoms with van der Waals surface area (Å²) in [4.78, 5) is 8.04. The highest BCUT2D eigenvalue weighted by Gasteiger charge is 2.14. The van der Waals surface area contributed by atoms with E-state index < -0.39 is 0 Å². The predicted octanol–water partition coefficient (Wildman–Crippen LogP) is 2.51. The molecule has 0 radical (unpaired) electrons. The molecule has 5 nitrogen and oxygen atoms in total. The monoisotopic (exact) mass is 271 g/mol. The average molecular weight is 272 g/mol. The average Bonchev–Trinajstić information content (AvgIpc) is 2.89. The van der Waals surface area contributed by atoms with Gasteiger partial charge in [-0.3, -0.25) is 0 Å². The molecule has 1 aromatic rings. The third-order valence-corrected chi connectivity index (χ3v) is 3.23. The van der Waals surface area contributed by atoms with Gasteiger partial charge in [-0.05, 0) is 12.8 Å². The van der Waals surface area contributed by atoms with E-state index in [9.17, 15) is 0 Å². The van der Waals surface area contributed by atoms with Crippen molar-refractivity contribution in [1.82, 2.24) is 9.97 Å². The van der Waals surface area contributed by atoms with Gasteiger partial charge in [-0.15, -0.1) is 0 Å². The quantitative estimate of drug-likeness (QED) is 0.806. The van der Waals surface area contributed by atoms with Crippen LogP contribution >= 0.6 is 11.6 Å². The Kier molecular flexibility index (Phi) is 5.01. The van der Waals surface area contributed by atoms with Gasteiger partial charge in [-0.2, -0.15) is 4.98 Å². The van der Waals surface area contributed by atoms with E-state index in [-0.39, 0.29) is 0 Å². The van der Waals surface area contributed by atoms with Crippen LogP contribution in [-0.4, -0.2) is 36.3 Å². The first-order valence-electron chi connectivity index (χ1n) is 6.21. The zero-order chi connectivity index (χ0) is 12.8. The van der Waals surface area contributed by atoms with Crippen LogP contribution in [0.3, 0.4) is 0 Å². The van der Waals surface area contributed by atoms with E-state index in [1.807, 2.05) is 0 Å². The molecule has 0 aliphatic heterocycles. The second-order valence-electron chi connectivity index (χ2n) is 4.26. The van der Waals surface area contributed by atoms with Crippen molar-refractivity contribution >= 4 is 17.4 Å². The molecule has 0 bridgehead atoms. The van der Waals surface area contributed by atoms with Gasteiger partial charge < -0.3 is 14.8 Å². The number of aromatic nitrogens is 2. The second kappa shape index (κ2) is 6.75. The van der Waals surface area contributed by atoms with Crippen molar-refractivity contribution in [3.63, 3.8) is 0 Å². The smallest absolute Gasteiger partial charge is 0.318 e. The van der Waals surface area contributed by atoms with E-state index in [1.165, 1.54) is 39.0 Å². The number of methoxy groups -OCH3 is 1. The van der Waals surface area contributed by atoms with Gasteiger partial charge in [0.2, 0.25) is 0 Å². The summed E-state index contributed by atoms with van der Waals surface area (Å²) in [5, 5.41) is 3.61. The highest BCUT2D eigenvalue weighted by Crippen LogP contribution is 2.21. The molecular formula is C12H18ClN3O2. The lowest BCUT2D eigenvalue weighted by atomic mass is 10.3. The van der Waals surface area contributed by atoms with Crippen LogP contribution in [0.5, 0.6) is 6.01 Å². The summed E-state index contributed by atoms with van der Waals surface area (Å²) >= 11 is 5.98. The molecule has 1 aliphatic rings. The molecule has 100 valence electrons. The van der Waals surface area contributed by atoms with Gasteiger partial charge >= 0.3 is 6.01 Å². The number of halogens is 1. The maximum Gasteiger partial charge on any atom is 0.318 e. The summed E-state index contributed by atoms with van der Waals surface area (Å²) in [5.74, 6) is 0.582. The summed E-state index contributed by atoms with van der Waals surface area (Å²) < 4.78 is 10.7. The summed E-state index contributed by atoms with van der Waals surface area (Å²) in [5.41, 5.74) is 0. The molecule has 18 heavy (non-hydrogen) atoms. The zero-order valence-electron chi connectivity index (χ0n) is 10.5. The number of hydrogen-bond donors (Lipinski definition) is 1. The third kappa shape index (κ3) is 3.71. The van der Waals surface area contributed by atoms with Crippen molar-refractivity contribution in [3.8, 4) is 6.01 Å². The Morgan fingerprint density at radius 3 is 2.94 bits per heavy atom. The SMILES string of the molecule is COc1ncc(Cl)c(NCCOC2CCCC2)n1. The fourth-order valence-electron chi connectivity index (χ4n) is 2.02. The maximum absolute atomic E-state index is 5.98. The molecule has 0 saturated heterocycles. The van der Waals surface area contributed by atoms with Crippen LogP contribution in [0.15, 0.2) is 6.20 Å². The third-order valence-electron chi connectivity index (χ3n) is 2.95. The number of hydrogen-bond acceptors (Lipinski definition) is 5. The maximum atomic E-state index is 5.98. The van der Waals surface area contributed by atoms with Crippen LogP contribution < -0.4 is 10.1 Å². The first kappa shape index (κ1) is 13.4. The molecule has 0 atom stereocenters. The Morgan fingerprint density at radius 2 is 2.22 bits per heavy atom. The van der Waals surface area contributed by atoms with E-state index in [4.69, 9.17) is 21.1 Å². The number of ether oxygens (including phenoxy) is 2. The first-order valence-corrected chi connectivity index (χ1v) is 6.59. The van der Waals surface area contributed by atoms with Crippen molar-refractivity contribution in [2.75, 3.05) is 25.6 Å². The van der Waals surface area contributed by atoms with Gasteiger partial charge in [0.05, 0.1) is 26.0 Å². The van der Waals surface area contributed by atoms with Crippen LogP contribution in [-0.2, 0) is 4.74 Å². The van der Waals surface area contributed by atoms with Crippen molar-refractivity contribution in [1.29, 1.82) is 0 Å². The van der Waals surface area contributed by atoms with Crippen molar-refractivity contribution in [2.45, 2.75) is 31.8 Å². The number of anilines is 1. The van der Waals surface area contributed by atoms with E-state index in [0.29, 0.717) is 36.1 Å². The molecule has 1 heterocycles. The number of rotatable bonds is 6. The Balaban J connectivity index is 1.75.